The largest absolute Gasteiger partial charge is 0.332 e. The molecule has 4 rings (SSSR count). The number of anilines is 2. The topological polar surface area (TPSA) is 82.6 Å². The van der Waals surface area contributed by atoms with Crippen LogP contribution in [-0.4, -0.2) is 40.8 Å². The van der Waals surface area contributed by atoms with Gasteiger partial charge in [-0.15, -0.1) is 11.3 Å². The fourth-order valence-corrected chi connectivity index (χ4v) is 4.17. The van der Waals surface area contributed by atoms with Crippen molar-refractivity contribution in [2.75, 3.05) is 23.3 Å². The molecule has 1 aliphatic heterocycles. The molecule has 0 saturated carbocycles. The lowest BCUT2D eigenvalue weighted by molar-refractivity contribution is -0.128. The zero-order chi connectivity index (χ0) is 21.3. The molecule has 7 nitrogen and oxygen atoms in total. The lowest BCUT2D eigenvalue weighted by atomic mass is 10.2. The number of amides is 4. The van der Waals surface area contributed by atoms with Crippen LogP contribution in [0.3, 0.4) is 0 Å². The molecule has 0 atom stereocenters. The van der Waals surface area contributed by atoms with E-state index in [2.05, 4.69) is 42.2 Å². The van der Waals surface area contributed by atoms with Crippen LogP contribution >= 0.6 is 43.2 Å². The van der Waals surface area contributed by atoms with Crippen molar-refractivity contribution >= 4 is 71.9 Å². The molecule has 0 bridgehead atoms. The number of benzene rings is 2. The van der Waals surface area contributed by atoms with Gasteiger partial charge in [-0.2, -0.15) is 0 Å². The third kappa shape index (κ3) is 4.45. The third-order valence-electron chi connectivity index (χ3n) is 4.39. The van der Waals surface area contributed by atoms with Gasteiger partial charge in [-0.1, -0.05) is 44.0 Å². The summed E-state index contributed by atoms with van der Waals surface area (Å²) >= 11 is 8.00. The number of carbonyl (C=O) groups is 3. The maximum absolute atomic E-state index is 12.6. The van der Waals surface area contributed by atoms with Crippen LogP contribution in [-0.2, 0) is 9.59 Å². The fraction of sp³-hybridized carbons (Fsp3) is 0.100. The van der Waals surface area contributed by atoms with Crippen LogP contribution in [0, 0.1) is 0 Å². The highest BCUT2D eigenvalue weighted by atomic mass is 79.9. The lowest BCUT2D eigenvalue weighted by Crippen LogP contribution is -2.39. The molecule has 1 fully saturated rings. The van der Waals surface area contributed by atoms with E-state index in [4.69, 9.17) is 0 Å². The Morgan fingerprint density at radius 3 is 2.33 bits per heavy atom. The Hall–Kier alpha value is -2.56. The van der Waals surface area contributed by atoms with E-state index in [1.807, 2.05) is 29.6 Å². The minimum absolute atomic E-state index is 0.0985. The Bertz CT molecular complexity index is 1120. The maximum Gasteiger partial charge on any atom is 0.332 e. The first-order chi connectivity index (χ1) is 14.4. The molecule has 0 aliphatic carbocycles. The van der Waals surface area contributed by atoms with Gasteiger partial charge in [-0.3, -0.25) is 19.4 Å². The molecule has 1 saturated heterocycles. The van der Waals surface area contributed by atoms with E-state index in [0.717, 1.165) is 25.1 Å². The number of aromatic nitrogens is 1. The molecule has 0 spiro atoms. The second kappa shape index (κ2) is 8.66. The summed E-state index contributed by atoms with van der Waals surface area (Å²) in [5.74, 6) is -0.904. The SMILES string of the molecule is O=C(CN1C(=O)CN(c2ccc(Br)cc2)C1=O)Nc1nc(-c2ccc(Br)cc2)cs1. The average molecular weight is 550 g/mol. The van der Waals surface area contributed by atoms with Gasteiger partial charge in [0, 0.05) is 25.6 Å². The normalized spacial score (nSPS) is 13.8. The molecular formula is C20H14Br2N4O3S. The van der Waals surface area contributed by atoms with E-state index >= 15 is 0 Å². The lowest BCUT2D eigenvalue weighted by Gasteiger charge is -2.16. The fourth-order valence-electron chi connectivity index (χ4n) is 2.91. The summed E-state index contributed by atoms with van der Waals surface area (Å²) < 4.78 is 1.83. The summed E-state index contributed by atoms with van der Waals surface area (Å²) in [6.07, 6.45) is 0. The van der Waals surface area contributed by atoms with E-state index in [1.165, 1.54) is 16.2 Å². The van der Waals surface area contributed by atoms with Crippen molar-refractivity contribution in [1.82, 2.24) is 9.88 Å². The summed E-state index contributed by atoms with van der Waals surface area (Å²) in [5, 5.41) is 4.90. The molecule has 10 heteroatoms. The van der Waals surface area contributed by atoms with E-state index in [0.29, 0.717) is 10.8 Å². The van der Waals surface area contributed by atoms with Gasteiger partial charge in [0.25, 0.3) is 5.91 Å². The number of nitrogens with zero attached hydrogens (tertiary/aromatic N) is 3. The Kier molecular flexibility index (Phi) is 5.98. The number of thiazole rings is 1. The molecule has 1 aliphatic rings. The van der Waals surface area contributed by atoms with E-state index in [-0.39, 0.29) is 13.1 Å². The van der Waals surface area contributed by atoms with Crippen LogP contribution in [0.25, 0.3) is 11.3 Å². The summed E-state index contributed by atoms with van der Waals surface area (Å²) in [4.78, 5) is 44.0. The highest BCUT2D eigenvalue weighted by Gasteiger charge is 2.38. The van der Waals surface area contributed by atoms with Gasteiger partial charge in [-0.05, 0) is 36.4 Å². The number of halogens is 2. The Labute approximate surface area is 193 Å². The molecule has 1 aromatic heterocycles. The van der Waals surface area contributed by atoms with Crippen molar-refractivity contribution in [3.8, 4) is 11.3 Å². The van der Waals surface area contributed by atoms with Gasteiger partial charge in [-0.25, -0.2) is 9.78 Å². The van der Waals surface area contributed by atoms with Crippen molar-refractivity contribution in [3.63, 3.8) is 0 Å². The maximum atomic E-state index is 12.6. The molecule has 1 N–H and O–H groups in total. The van der Waals surface area contributed by atoms with Crippen LogP contribution in [0.4, 0.5) is 15.6 Å². The van der Waals surface area contributed by atoms with Crippen molar-refractivity contribution in [3.05, 3.63) is 62.9 Å². The van der Waals surface area contributed by atoms with Crippen molar-refractivity contribution in [1.29, 1.82) is 0 Å². The van der Waals surface area contributed by atoms with Gasteiger partial charge in [0.15, 0.2) is 5.13 Å². The van der Waals surface area contributed by atoms with Crippen LogP contribution in [0.1, 0.15) is 0 Å². The minimum atomic E-state index is -0.521. The first-order valence-electron chi connectivity index (χ1n) is 8.79. The van der Waals surface area contributed by atoms with Crippen LogP contribution in [0.5, 0.6) is 0 Å². The van der Waals surface area contributed by atoms with Gasteiger partial charge in [0.1, 0.15) is 13.1 Å². The molecule has 3 aromatic rings. The molecule has 30 heavy (non-hydrogen) atoms. The average Bonchev–Trinajstić information content (AvgIpc) is 3.29. The summed E-state index contributed by atoms with van der Waals surface area (Å²) in [5.41, 5.74) is 2.25. The first kappa shape index (κ1) is 20.7. The molecule has 0 unspecified atom stereocenters. The number of urea groups is 1. The number of hydrogen-bond acceptors (Lipinski definition) is 5. The Morgan fingerprint density at radius 2 is 1.67 bits per heavy atom. The zero-order valence-electron chi connectivity index (χ0n) is 15.3. The van der Waals surface area contributed by atoms with E-state index in [9.17, 15) is 14.4 Å². The summed E-state index contributed by atoms with van der Waals surface area (Å²) in [7, 11) is 0. The van der Waals surface area contributed by atoms with Gasteiger partial charge in [0.05, 0.1) is 5.69 Å². The zero-order valence-corrected chi connectivity index (χ0v) is 19.3. The number of carbonyl (C=O) groups excluding carboxylic acids is 3. The second-order valence-corrected chi connectivity index (χ2v) is 9.11. The molecule has 152 valence electrons. The van der Waals surface area contributed by atoms with Crippen LogP contribution in [0.15, 0.2) is 62.9 Å². The molecular weight excluding hydrogens is 536 g/mol. The highest BCUT2D eigenvalue weighted by molar-refractivity contribution is 9.10. The van der Waals surface area contributed by atoms with Crippen molar-refractivity contribution < 1.29 is 14.4 Å². The molecule has 2 aromatic carbocycles. The first-order valence-corrected chi connectivity index (χ1v) is 11.3. The van der Waals surface area contributed by atoms with Gasteiger partial charge in [0.2, 0.25) is 5.91 Å². The van der Waals surface area contributed by atoms with Crippen LogP contribution < -0.4 is 10.2 Å². The Morgan fingerprint density at radius 1 is 1.03 bits per heavy atom. The standard InChI is InChI=1S/C20H14Br2N4O3S/c21-13-3-1-12(2-4-13)16-11-30-19(23-16)24-17(27)9-26-18(28)10-25(20(26)29)15-7-5-14(22)6-8-15/h1-8,11H,9-10H2,(H,23,24,27). The Balaban J connectivity index is 1.40. The number of imide groups is 1. The number of nitrogens with one attached hydrogen (secondary N) is 1. The van der Waals surface area contributed by atoms with E-state index in [1.54, 1.807) is 24.3 Å². The second-order valence-electron chi connectivity index (χ2n) is 6.42. The number of rotatable bonds is 5. The third-order valence-corrected chi connectivity index (χ3v) is 6.20. The summed E-state index contributed by atoms with van der Waals surface area (Å²) in [6, 6.07) is 14.2. The summed E-state index contributed by atoms with van der Waals surface area (Å²) in [6.45, 7) is -0.462. The molecule has 2 heterocycles. The highest BCUT2D eigenvalue weighted by Crippen LogP contribution is 2.27. The smallest absolute Gasteiger partial charge is 0.300 e. The van der Waals surface area contributed by atoms with Gasteiger partial charge >= 0.3 is 6.03 Å². The monoisotopic (exact) mass is 548 g/mol. The van der Waals surface area contributed by atoms with Gasteiger partial charge < -0.3 is 5.32 Å². The molecule has 0 radical (unpaired) electrons. The predicted molar refractivity (Wildman–Crippen MR) is 122 cm³/mol. The van der Waals surface area contributed by atoms with E-state index < -0.39 is 17.8 Å². The van der Waals surface area contributed by atoms with Crippen LogP contribution in [0.2, 0.25) is 0 Å². The quantitative estimate of drug-likeness (QED) is 0.466. The minimum Gasteiger partial charge on any atom is -0.300 e. The number of hydrogen-bond donors (Lipinski definition) is 1. The van der Waals surface area contributed by atoms with Crippen molar-refractivity contribution in [2.45, 2.75) is 0 Å². The predicted octanol–water partition coefficient (Wildman–Crippen LogP) is 4.74. The van der Waals surface area contributed by atoms with Crippen molar-refractivity contribution in [2.24, 2.45) is 0 Å². The molecule has 4 amide bonds.